The van der Waals surface area contributed by atoms with Crippen molar-refractivity contribution in [1.29, 1.82) is 0 Å². The van der Waals surface area contributed by atoms with Gasteiger partial charge < -0.3 is 19.7 Å². The number of amides is 1. The zero-order chi connectivity index (χ0) is 21.6. The molecule has 1 aromatic carbocycles. The molecule has 0 spiro atoms. The maximum absolute atomic E-state index is 12.9. The zero-order valence-electron chi connectivity index (χ0n) is 17.4. The van der Waals surface area contributed by atoms with E-state index in [4.69, 9.17) is 0 Å². The van der Waals surface area contributed by atoms with Crippen LogP contribution in [0.3, 0.4) is 0 Å². The highest BCUT2D eigenvalue weighted by molar-refractivity contribution is 14.0. The maximum atomic E-state index is 12.9. The molecule has 0 radical (unpaired) electrons. The first-order valence-electron chi connectivity index (χ1n) is 9.04. The van der Waals surface area contributed by atoms with E-state index in [9.17, 15) is 18.0 Å². The molecule has 0 unspecified atom stereocenters. The van der Waals surface area contributed by atoms with Crippen LogP contribution in [0.5, 0.6) is 0 Å². The quantitative estimate of drug-likeness (QED) is 0.350. The van der Waals surface area contributed by atoms with Crippen molar-refractivity contribution in [3.8, 4) is 0 Å². The molecule has 166 valence electrons. The summed E-state index contributed by atoms with van der Waals surface area (Å²) in [4.78, 5) is 19.7. The molecule has 6 nitrogen and oxygen atoms in total. The van der Waals surface area contributed by atoms with Gasteiger partial charge >= 0.3 is 6.18 Å². The Morgan fingerprint density at radius 2 is 1.87 bits per heavy atom. The molecule has 2 rings (SSSR count). The largest absolute Gasteiger partial charge is 0.416 e. The van der Waals surface area contributed by atoms with Crippen molar-refractivity contribution in [2.45, 2.75) is 19.3 Å². The standard InChI is InChI=1S/C20H26F3N5O.HI/c1-26(2)18(29)13-25-19(28(4)14-17-9-6-10-27(17)3)24-12-15-7-5-8-16(11-15)20(21,22)23;/h5-11H,12-14H2,1-4H3,(H,24,25);1H. The van der Waals surface area contributed by atoms with Crippen LogP contribution in [-0.2, 0) is 31.1 Å². The third kappa shape index (κ3) is 7.54. The molecule has 0 aliphatic carbocycles. The van der Waals surface area contributed by atoms with Crippen molar-refractivity contribution in [2.24, 2.45) is 12.0 Å². The number of halogens is 4. The van der Waals surface area contributed by atoms with Gasteiger partial charge in [-0.05, 0) is 29.8 Å². The van der Waals surface area contributed by atoms with E-state index in [2.05, 4.69) is 10.3 Å². The number of benzene rings is 1. The van der Waals surface area contributed by atoms with Crippen molar-refractivity contribution >= 4 is 35.8 Å². The van der Waals surface area contributed by atoms with E-state index in [0.29, 0.717) is 18.1 Å². The van der Waals surface area contributed by atoms with Crippen LogP contribution >= 0.6 is 24.0 Å². The van der Waals surface area contributed by atoms with Crippen LogP contribution < -0.4 is 5.32 Å². The number of alkyl halides is 3. The summed E-state index contributed by atoms with van der Waals surface area (Å²) in [5.41, 5.74) is 0.755. The fourth-order valence-corrected chi connectivity index (χ4v) is 2.62. The smallest absolute Gasteiger partial charge is 0.353 e. The van der Waals surface area contributed by atoms with Crippen LogP contribution in [0.4, 0.5) is 13.2 Å². The van der Waals surface area contributed by atoms with Gasteiger partial charge in [-0.15, -0.1) is 24.0 Å². The van der Waals surface area contributed by atoms with Crippen molar-refractivity contribution < 1.29 is 18.0 Å². The van der Waals surface area contributed by atoms with Crippen molar-refractivity contribution in [1.82, 2.24) is 19.7 Å². The summed E-state index contributed by atoms with van der Waals surface area (Å²) in [5, 5.41) is 3.00. The first-order valence-corrected chi connectivity index (χ1v) is 9.04. The lowest BCUT2D eigenvalue weighted by molar-refractivity contribution is -0.137. The van der Waals surface area contributed by atoms with E-state index in [1.807, 2.05) is 41.9 Å². The van der Waals surface area contributed by atoms with Gasteiger partial charge in [-0.3, -0.25) is 4.79 Å². The predicted octanol–water partition coefficient (Wildman–Crippen LogP) is 3.33. The molecule has 1 amide bonds. The molecule has 30 heavy (non-hydrogen) atoms. The van der Waals surface area contributed by atoms with Gasteiger partial charge in [0, 0.05) is 40.1 Å². The molecule has 0 saturated heterocycles. The van der Waals surface area contributed by atoms with Crippen molar-refractivity contribution in [3.05, 3.63) is 59.4 Å². The number of rotatable bonds is 6. The number of guanidine groups is 1. The second-order valence-electron chi connectivity index (χ2n) is 6.95. The summed E-state index contributed by atoms with van der Waals surface area (Å²) < 4.78 is 40.8. The SMILES string of the molecule is CN(C)C(=O)CNC(=NCc1cccc(C(F)(F)F)c1)N(C)Cc1cccn1C.I. The highest BCUT2D eigenvalue weighted by Crippen LogP contribution is 2.29. The fraction of sp³-hybridized carbons (Fsp3) is 0.400. The van der Waals surface area contributed by atoms with E-state index in [1.54, 1.807) is 20.2 Å². The minimum absolute atomic E-state index is 0. The lowest BCUT2D eigenvalue weighted by Crippen LogP contribution is -2.43. The number of aliphatic imine (C=N–C) groups is 1. The molecular weight excluding hydrogens is 510 g/mol. The number of carbonyl (C=O) groups excluding carboxylic acids is 1. The van der Waals surface area contributed by atoms with E-state index in [0.717, 1.165) is 17.8 Å². The number of likely N-dealkylation sites (N-methyl/N-ethyl adjacent to an activating group) is 1. The molecule has 0 bridgehead atoms. The molecule has 0 saturated carbocycles. The number of aryl methyl sites for hydroxylation is 1. The summed E-state index contributed by atoms with van der Waals surface area (Å²) in [5.74, 6) is 0.294. The van der Waals surface area contributed by atoms with Crippen LogP contribution in [0.2, 0.25) is 0 Å². The lowest BCUT2D eigenvalue weighted by Gasteiger charge is -2.23. The molecular formula is C20H27F3IN5O. The van der Waals surface area contributed by atoms with Gasteiger partial charge in [0.1, 0.15) is 0 Å². The Hall–Kier alpha value is -2.24. The van der Waals surface area contributed by atoms with Crippen molar-refractivity contribution in [3.63, 3.8) is 0 Å². The van der Waals surface area contributed by atoms with Gasteiger partial charge in [0.2, 0.25) is 5.91 Å². The van der Waals surface area contributed by atoms with E-state index in [-0.39, 0.29) is 43.0 Å². The molecule has 1 heterocycles. The summed E-state index contributed by atoms with van der Waals surface area (Å²) >= 11 is 0. The van der Waals surface area contributed by atoms with E-state index >= 15 is 0 Å². The highest BCUT2D eigenvalue weighted by Gasteiger charge is 2.30. The van der Waals surface area contributed by atoms with Gasteiger partial charge in [-0.25, -0.2) is 4.99 Å². The minimum atomic E-state index is -4.40. The summed E-state index contributed by atoms with van der Waals surface area (Å²) in [7, 11) is 7.03. The zero-order valence-corrected chi connectivity index (χ0v) is 19.7. The highest BCUT2D eigenvalue weighted by atomic mass is 127. The lowest BCUT2D eigenvalue weighted by atomic mass is 10.1. The number of hydrogen-bond acceptors (Lipinski definition) is 2. The predicted molar refractivity (Wildman–Crippen MR) is 122 cm³/mol. The monoisotopic (exact) mass is 537 g/mol. The Morgan fingerprint density at radius 1 is 1.17 bits per heavy atom. The second kappa shape index (κ2) is 11.2. The summed E-state index contributed by atoms with van der Waals surface area (Å²) in [6, 6.07) is 8.97. The van der Waals surface area contributed by atoms with Gasteiger partial charge in [-0.2, -0.15) is 13.2 Å². The fourth-order valence-electron chi connectivity index (χ4n) is 2.62. The molecule has 0 atom stereocenters. The summed E-state index contributed by atoms with van der Waals surface area (Å²) in [6.45, 7) is 0.611. The average molecular weight is 537 g/mol. The Bertz CT molecular complexity index is 864. The topological polar surface area (TPSA) is 52.9 Å². The van der Waals surface area contributed by atoms with Crippen LogP contribution in [0.25, 0.3) is 0 Å². The Balaban J connectivity index is 0.00000450. The number of nitrogens with one attached hydrogen (secondary N) is 1. The first-order chi connectivity index (χ1) is 13.6. The molecule has 10 heteroatoms. The third-order valence-corrected chi connectivity index (χ3v) is 4.37. The van der Waals surface area contributed by atoms with Crippen LogP contribution in [0.1, 0.15) is 16.8 Å². The molecule has 0 aliphatic heterocycles. The Morgan fingerprint density at radius 3 is 2.43 bits per heavy atom. The number of carbonyl (C=O) groups is 1. The molecule has 2 aromatic rings. The second-order valence-corrected chi connectivity index (χ2v) is 6.95. The Kier molecular flexibility index (Phi) is 9.66. The van der Waals surface area contributed by atoms with Gasteiger partial charge in [0.05, 0.1) is 25.2 Å². The van der Waals surface area contributed by atoms with Gasteiger partial charge in [0.15, 0.2) is 5.96 Å². The van der Waals surface area contributed by atoms with E-state index < -0.39 is 11.7 Å². The number of nitrogens with zero attached hydrogens (tertiary/aromatic N) is 4. The molecule has 1 N–H and O–H groups in total. The molecule has 0 aliphatic rings. The normalized spacial score (nSPS) is 11.6. The molecule has 1 aromatic heterocycles. The van der Waals surface area contributed by atoms with Crippen LogP contribution in [-0.4, -0.2) is 53.9 Å². The third-order valence-electron chi connectivity index (χ3n) is 4.37. The Labute approximate surface area is 191 Å². The van der Waals surface area contributed by atoms with Crippen LogP contribution in [0.15, 0.2) is 47.6 Å². The van der Waals surface area contributed by atoms with Crippen molar-refractivity contribution in [2.75, 3.05) is 27.7 Å². The van der Waals surface area contributed by atoms with E-state index in [1.165, 1.54) is 11.0 Å². The average Bonchev–Trinajstić information content (AvgIpc) is 3.05. The number of hydrogen-bond donors (Lipinski definition) is 1. The van der Waals surface area contributed by atoms with Crippen LogP contribution in [0, 0.1) is 0 Å². The maximum Gasteiger partial charge on any atom is 0.416 e. The minimum Gasteiger partial charge on any atom is -0.353 e. The first kappa shape index (κ1) is 25.8. The van der Waals surface area contributed by atoms with Gasteiger partial charge in [-0.1, -0.05) is 12.1 Å². The number of aromatic nitrogens is 1. The summed E-state index contributed by atoms with van der Waals surface area (Å²) in [6.07, 6.45) is -2.48. The van der Waals surface area contributed by atoms with Gasteiger partial charge in [0.25, 0.3) is 0 Å². The molecule has 0 fully saturated rings.